The summed E-state index contributed by atoms with van der Waals surface area (Å²) in [6, 6.07) is 6.89. The summed E-state index contributed by atoms with van der Waals surface area (Å²) in [6.45, 7) is 1.31. The van der Waals surface area contributed by atoms with E-state index in [1.807, 2.05) is 0 Å². The van der Waals surface area contributed by atoms with Gasteiger partial charge in [0.05, 0.1) is 0 Å². The summed E-state index contributed by atoms with van der Waals surface area (Å²) < 4.78 is 5.28. The summed E-state index contributed by atoms with van der Waals surface area (Å²) in [5, 5.41) is 3.40. The minimum absolute atomic E-state index is 0.0181. The van der Waals surface area contributed by atoms with E-state index in [2.05, 4.69) is 5.32 Å². The van der Waals surface area contributed by atoms with Crippen molar-refractivity contribution in [1.29, 1.82) is 0 Å². The molecule has 4 nitrogen and oxygen atoms in total. The number of carbonyl (C=O) groups is 1. The normalized spacial score (nSPS) is 10.0. The molecule has 0 radical (unpaired) electrons. The van der Waals surface area contributed by atoms with Crippen LogP contribution in [-0.4, -0.2) is 25.6 Å². The number of nitrogens with one attached hydrogen (secondary N) is 1. The van der Waals surface area contributed by atoms with E-state index in [0.29, 0.717) is 23.9 Å². The van der Waals surface area contributed by atoms with Crippen LogP contribution in [0.15, 0.2) is 24.3 Å². The summed E-state index contributed by atoms with van der Waals surface area (Å²) in [5.41, 5.74) is 5.34. The van der Waals surface area contributed by atoms with Crippen molar-refractivity contribution in [2.75, 3.05) is 19.7 Å². The fourth-order valence-electron chi connectivity index (χ4n) is 1.23. The van der Waals surface area contributed by atoms with Gasteiger partial charge in [-0.15, -0.1) is 0 Å². The summed E-state index contributed by atoms with van der Waals surface area (Å²) in [6.07, 6.45) is 1.81. The van der Waals surface area contributed by atoms with Crippen LogP contribution in [0.2, 0.25) is 5.02 Å². The van der Waals surface area contributed by atoms with Gasteiger partial charge in [0.15, 0.2) is 6.61 Å². The van der Waals surface area contributed by atoms with Gasteiger partial charge in [0.2, 0.25) is 0 Å². The third-order valence-corrected chi connectivity index (χ3v) is 2.39. The molecule has 0 aliphatic carbocycles. The second-order valence-corrected chi connectivity index (χ2v) is 4.02. The first-order valence-corrected chi connectivity index (χ1v) is 5.95. The Hall–Kier alpha value is -1.26. The molecule has 0 unspecified atom stereocenters. The van der Waals surface area contributed by atoms with Crippen LogP contribution in [0.1, 0.15) is 12.8 Å². The maximum atomic E-state index is 11.4. The topological polar surface area (TPSA) is 64.3 Å². The Kier molecular flexibility index (Phi) is 6.43. The zero-order chi connectivity index (χ0) is 12.5. The predicted octanol–water partition coefficient (Wildman–Crippen LogP) is 1.57. The fraction of sp³-hybridized carbons (Fsp3) is 0.417. The highest BCUT2D eigenvalue weighted by atomic mass is 35.5. The summed E-state index contributed by atoms with van der Waals surface area (Å²) in [5.74, 6) is 0.503. The molecular weight excluding hydrogens is 240 g/mol. The molecular formula is C12H17ClN2O2. The maximum Gasteiger partial charge on any atom is 0.257 e. The van der Waals surface area contributed by atoms with Gasteiger partial charge in [0.1, 0.15) is 5.75 Å². The van der Waals surface area contributed by atoms with E-state index in [1.54, 1.807) is 24.3 Å². The molecule has 0 heterocycles. The fourth-order valence-corrected chi connectivity index (χ4v) is 1.35. The first-order chi connectivity index (χ1) is 8.22. The Bertz CT molecular complexity index is 341. The van der Waals surface area contributed by atoms with E-state index in [-0.39, 0.29) is 12.5 Å². The molecule has 5 heteroatoms. The summed E-state index contributed by atoms with van der Waals surface area (Å²) in [7, 11) is 0. The number of hydrogen-bond acceptors (Lipinski definition) is 3. The zero-order valence-electron chi connectivity index (χ0n) is 9.62. The molecule has 0 saturated heterocycles. The van der Waals surface area contributed by atoms with Crippen molar-refractivity contribution in [3.63, 3.8) is 0 Å². The number of hydrogen-bond donors (Lipinski definition) is 2. The van der Waals surface area contributed by atoms with Crippen LogP contribution in [-0.2, 0) is 4.79 Å². The summed E-state index contributed by atoms with van der Waals surface area (Å²) in [4.78, 5) is 11.4. The number of rotatable bonds is 7. The van der Waals surface area contributed by atoms with Crippen molar-refractivity contribution in [3.05, 3.63) is 29.3 Å². The van der Waals surface area contributed by atoms with Crippen LogP contribution >= 0.6 is 11.6 Å². The molecule has 0 spiro atoms. The van der Waals surface area contributed by atoms with Crippen LogP contribution < -0.4 is 15.8 Å². The zero-order valence-corrected chi connectivity index (χ0v) is 10.4. The third-order valence-electron chi connectivity index (χ3n) is 2.14. The van der Waals surface area contributed by atoms with E-state index in [1.165, 1.54) is 0 Å². The molecule has 1 aromatic rings. The second-order valence-electron chi connectivity index (χ2n) is 3.59. The van der Waals surface area contributed by atoms with Gasteiger partial charge in [-0.25, -0.2) is 0 Å². The largest absolute Gasteiger partial charge is 0.484 e. The van der Waals surface area contributed by atoms with Crippen LogP contribution in [0.5, 0.6) is 5.75 Å². The quantitative estimate of drug-likeness (QED) is 0.728. The lowest BCUT2D eigenvalue weighted by Crippen LogP contribution is -2.29. The highest BCUT2D eigenvalue weighted by Crippen LogP contribution is 2.15. The van der Waals surface area contributed by atoms with Crippen molar-refractivity contribution in [1.82, 2.24) is 5.32 Å². The Balaban J connectivity index is 2.17. The molecule has 0 aliphatic rings. The lowest BCUT2D eigenvalue weighted by atomic mass is 10.3. The SMILES string of the molecule is NCCCCNC(=O)COc1ccc(Cl)cc1. The Labute approximate surface area is 106 Å². The van der Waals surface area contributed by atoms with Crippen molar-refractivity contribution in [3.8, 4) is 5.75 Å². The van der Waals surface area contributed by atoms with Crippen molar-refractivity contribution < 1.29 is 9.53 Å². The molecule has 94 valence electrons. The molecule has 3 N–H and O–H groups in total. The van der Waals surface area contributed by atoms with E-state index in [9.17, 15) is 4.79 Å². The van der Waals surface area contributed by atoms with Crippen LogP contribution in [0.4, 0.5) is 0 Å². The molecule has 1 rings (SSSR count). The number of amides is 1. The van der Waals surface area contributed by atoms with Gasteiger partial charge in [0.25, 0.3) is 5.91 Å². The number of ether oxygens (including phenoxy) is 1. The smallest absolute Gasteiger partial charge is 0.257 e. The third kappa shape index (κ3) is 6.14. The number of nitrogens with two attached hydrogens (primary N) is 1. The van der Waals surface area contributed by atoms with E-state index >= 15 is 0 Å². The van der Waals surface area contributed by atoms with Crippen LogP contribution in [0, 0.1) is 0 Å². The lowest BCUT2D eigenvalue weighted by molar-refractivity contribution is -0.123. The van der Waals surface area contributed by atoms with Gasteiger partial charge in [-0.05, 0) is 43.7 Å². The first-order valence-electron chi connectivity index (χ1n) is 5.57. The summed E-state index contributed by atoms with van der Waals surface area (Å²) >= 11 is 5.73. The first kappa shape index (κ1) is 13.8. The van der Waals surface area contributed by atoms with Crippen molar-refractivity contribution in [2.45, 2.75) is 12.8 Å². The van der Waals surface area contributed by atoms with E-state index < -0.39 is 0 Å². The monoisotopic (exact) mass is 256 g/mol. The van der Waals surface area contributed by atoms with Crippen LogP contribution in [0.25, 0.3) is 0 Å². The maximum absolute atomic E-state index is 11.4. The minimum atomic E-state index is -0.128. The minimum Gasteiger partial charge on any atom is -0.484 e. The molecule has 1 amide bonds. The van der Waals surface area contributed by atoms with E-state index in [0.717, 1.165) is 12.8 Å². The molecule has 0 aliphatic heterocycles. The van der Waals surface area contributed by atoms with Crippen molar-refractivity contribution >= 4 is 17.5 Å². The van der Waals surface area contributed by atoms with Gasteiger partial charge >= 0.3 is 0 Å². The number of halogens is 1. The number of unbranched alkanes of at least 4 members (excludes halogenated alkanes) is 1. The molecule has 0 aromatic heterocycles. The lowest BCUT2D eigenvalue weighted by Gasteiger charge is -2.07. The standard InChI is InChI=1S/C12H17ClN2O2/c13-10-3-5-11(6-4-10)17-9-12(16)15-8-2-1-7-14/h3-6H,1-2,7-9,14H2,(H,15,16). The van der Waals surface area contributed by atoms with Gasteiger partial charge in [-0.1, -0.05) is 11.6 Å². The molecule has 0 atom stereocenters. The average molecular weight is 257 g/mol. The van der Waals surface area contributed by atoms with Crippen LogP contribution in [0.3, 0.4) is 0 Å². The van der Waals surface area contributed by atoms with Gasteiger partial charge in [-0.3, -0.25) is 4.79 Å². The van der Waals surface area contributed by atoms with E-state index in [4.69, 9.17) is 22.1 Å². The molecule has 17 heavy (non-hydrogen) atoms. The van der Waals surface area contributed by atoms with Gasteiger partial charge in [-0.2, -0.15) is 0 Å². The average Bonchev–Trinajstić information content (AvgIpc) is 2.34. The van der Waals surface area contributed by atoms with Crippen molar-refractivity contribution in [2.24, 2.45) is 5.73 Å². The van der Waals surface area contributed by atoms with Gasteiger partial charge in [0, 0.05) is 11.6 Å². The highest BCUT2D eigenvalue weighted by Gasteiger charge is 2.01. The molecule has 0 saturated carbocycles. The number of benzene rings is 1. The Morgan fingerprint density at radius 3 is 2.65 bits per heavy atom. The molecule has 0 fully saturated rings. The number of carbonyl (C=O) groups excluding carboxylic acids is 1. The Morgan fingerprint density at radius 1 is 1.29 bits per heavy atom. The highest BCUT2D eigenvalue weighted by molar-refractivity contribution is 6.30. The van der Waals surface area contributed by atoms with Gasteiger partial charge < -0.3 is 15.8 Å². The second kappa shape index (κ2) is 7.92. The Morgan fingerprint density at radius 2 is 2.00 bits per heavy atom. The molecule has 1 aromatic carbocycles. The predicted molar refractivity (Wildman–Crippen MR) is 68.2 cm³/mol. The molecule has 0 bridgehead atoms.